The quantitative estimate of drug-likeness (QED) is 0.658. The summed E-state index contributed by atoms with van der Waals surface area (Å²) >= 11 is 0. The monoisotopic (exact) mass is 206 g/mol. The SMILES string of the molecule is CCCN(CC#N)C(=O)C1C2CCCC21. The van der Waals surface area contributed by atoms with Gasteiger partial charge in [0.1, 0.15) is 6.54 Å². The summed E-state index contributed by atoms with van der Waals surface area (Å²) in [4.78, 5) is 13.8. The number of fused-ring (bicyclic) bond motifs is 1. The van der Waals surface area contributed by atoms with Crippen molar-refractivity contribution in [3.8, 4) is 6.07 Å². The Morgan fingerprint density at radius 3 is 2.67 bits per heavy atom. The predicted molar refractivity (Wildman–Crippen MR) is 56.8 cm³/mol. The van der Waals surface area contributed by atoms with Crippen molar-refractivity contribution in [3.63, 3.8) is 0 Å². The Labute approximate surface area is 91.1 Å². The molecule has 3 nitrogen and oxygen atoms in total. The van der Waals surface area contributed by atoms with Crippen LogP contribution in [0.2, 0.25) is 0 Å². The number of carbonyl (C=O) groups is 1. The number of hydrogen-bond donors (Lipinski definition) is 0. The van der Waals surface area contributed by atoms with Crippen molar-refractivity contribution < 1.29 is 4.79 Å². The van der Waals surface area contributed by atoms with Gasteiger partial charge in [-0.1, -0.05) is 13.3 Å². The van der Waals surface area contributed by atoms with E-state index in [9.17, 15) is 4.79 Å². The van der Waals surface area contributed by atoms with Crippen LogP contribution in [0.4, 0.5) is 0 Å². The Kier molecular flexibility index (Phi) is 2.95. The maximum atomic E-state index is 12.1. The standard InChI is InChI=1S/C12H18N2O/c1-2-7-14(8-6-13)12(15)11-9-4-3-5-10(9)11/h9-11H,2-5,7-8H2,1H3. The molecule has 2 fully saturated rings. The number of amides is 1. The first kappa shape index (κ1) is 10.5. The van der Waals surface area contributed by atoms with E-state index in [-0.39, 0.29) is 18.4 Å². The van der Waals surface area contributed by atoms with Gasteiger partial charge in [0.05, 0.1) is 6.07 Å². The molecule has 2 rings (SSSR count). The lowest BCUT2D eigenvalue weighted by atomic mass is 10.1. The highest BCUT2D eigenvalue weighted by Crippen LogP contribution is 2.58. The van der Waals surface area contributed by atoms with Gasteiger partial charge in [-0.3, -0.25) is 4.79 Å². The fourth-order valence-corrected chi connectivity index (χ4v) is 3.02. The molecular weight excluding hydrogens is 188 g/mol. The molecule has 2 saturated carbocycles. The van der Waals surface area contributed by atoms with Gasteiger partial charge in [-0.25, -0.2) is 0 Å². The summed E-state index contributed by atoms with van der Waals surface area (Å²) in [6.45, 7) is 3.05. The van der Waals surface area contributed by atoms with Crippen molar-refractivity contribution in [1.82, 2.24) is 4.90 Å². The van der Waals surface area contributed by atoms with Gasteiger partial charge in [0.15, 0.2) is 0 Å². The van der Waals surface area contributed by atoms with E-state index in [1.807, 2.05) is 6.92 Å². The molecule has 2 unspecified atom stereocenters. The van der Waals surface area contributed by atoms with E-state index < -0.39 is 0 Å². The van der Waals surface area contributed by atoms with Crippen LogP contribution in [-0.2, 0) is 4.79 Å². The number of nitrogens with zero attached hydrogens (tertiary/aromatic N) is 2. The molecule has 82 valence electrons. The molecule has 0 spiro atoms. The highest BCUT2D eigenvalue weighted by Gasteiger charge is 2.57. The fourth-order valence-electron chi connectivity index (χ4n) is 3.02. The van der Waals surface area contributed by atoms with Crippen LogP contribution in [0, 0.1) is 29.1 Å². The molecule has 0 aromatic rings. The van der Waals surface area contributed by atoms with Gasteiger partial charge in [0.25, 0.3) is 0 Å². The van der Waals surface area contributed by atoms with Crippen LogP contribution in [0.5, 0.6) is 0 Å². The molecular formula is C12H18N2O. The third kappa shape index (κ3) is 1.86. The Hall–Kier alpha value is -1.04. The Balaban J connectivity index is 1.91. The van der Waals surface area contributed by atoms with E-state index >= 15 is 0 Å². The van der Waals surface area contributed by atoms with E-state index in [0.29, 0.717) is 11.8 Å². The average Bonchev–Trinajstić information content (AvgIpc) is 2.70. The second-order valence-electron chi connectivity index (χ2n) is 4.70. The average molecular weight is 206 g/mol. The van der Waals surface area contributed by atoms with Crippen molar-refractivity contribution in [2.24, 2.45) is 17.8 Å². The molecule has 0 N–H and O–H groups in total. The maximum Gasteiger partial charge on any atom is 0.227 e. The van der Waals surface area contributed by atoms with Crippen molar-refractivity contribution >= 4 is 5.91 Å². The summed E-state index contributed by atoms with van der Waals surface area (Å²) in [5.41, 5.74) is 0. The summed E-state index contributed by atoms with van der Waals surface area (Å²) in [6.07, 6.45) is 4.70. The topological polar surface area (TPSA) is 44.1 Å². The van der Waals surface area contributed by atoms with E-state index in [1.165, 1.54) is 19.3 Å². The molecule has 0 aromatic carbocycles. The van der Waals surface area contributed by atoms with Crippen LogP contribution in [-0.4, -0.2) is 23.9 Å². The largest absolute Gasteiger partial charge is 0.329 e. The number of rotatable bonds is 4. The number of carbonyl (C=O) groups excluding carboxylic acids is 1. The first-order valence-corrected chi connectivity index (χ1v) is 5.95. The molecule has 0 saturated heterocycles. The van der Waals surface area contributed by atoms with E-state index in [4.69, 9.17) is 5.26 Å². The van der Waals surface area contributed by atoms with Crippen LogP contribution in [0.1, 0.15) is 32.6 Å². The second kappa shape index (κ2) is 4.22. The summed E-state index contributed by atoms with van der Waals surface area (Å²) in [5, 5.41) is 8.67. The summed E-state index contributed by atoms with van der Waals surface area (Å²) in [6, 6.07) is 2.09. The Morgan fingerprint density at radius 1 is 1.47 bits per heavy atom. The van der Waals surface area contributed by atoms with Gasteiger partial charge in [-0.05, 0) is 31.1 Å². The summed E-state index contributed by atoms with van der Waals surface area (Å²) < 4.78 is 0. The van der Waals surface area contributed by atoms with Crippen molar-refractivity contribution in [3.05, 3.63) is 0 Å². The third-order valence-corrected chi connectivity index (χ3v) is 3.76. The van der Waals surface area contributed by atoms with E-state index in [0.717, 1.165) is 13.0 Å². The van der Waals surface area contributed by atoms with Crippen LogP contribution in [0.3, 0.4) is 0 Å². The van der Waals surface area contributed by atoms with Crippen LogP contribution < -0.4 is 0 Å². The van der Waals surface area contributed by atoms with Crippen molar-refractivity contribution in [2.75, 3.05) is 13.1 Å². The second-order valence-corrected chi connectivity index (χ2v) is 4.70. The zero-order chi connectivity index (χ0) is 10.8. The van der Waals surface area contributed by atoms with Crippen LogP contribution in [0.25, 0.3) is 0 Å². The molecule has 0 aliphatic heterocycles. The minimum atomic E-state index is 0.244. The van der Waals surface area contributed by atoms with Gasteiger partial charge in [-0.15, -0.1) is 0 Å². The Morgan fingerprint density at radius 2 is 2.13 bits per heavy atom. The zero-order valence-corrected chi connectivity index (χ0v) is 9.28. The van der Waals surface area contributed by atoms with Gasteiger partial charge in [0.2, 0.25) is 5.91 Å². The lowest BCUT2D eigenvalue weighted by molar-refractivity contribution is -0.132. The highest BCUT2D eigenvalue weighted by atomic mass is 16.2. The third-order valence-electron chi connectivity index (χ3n) is 3.76. The summed E-state index contributed by atoms with van der Waals surface area (Å²) in [5.74, 6) is 1.85. The van der Waals surface area contributed by atoms with E-state index in [1.54, 1.807) is 4.90 Å². The summed E-state index contributed by atoms with van der Waals surface area (Å²) in [7, 11) is 0. The number of nitriles is 1. The fraction of sp³-hybridized carbons (Fsp3) is 0.833. The smallest absolute Gasteiger partial charge is 0.227 e. The predicted octanol–water partition coefficient (Wildman–Crippen LogP) is 1.79. The molecule has 2 atom stereocenters. The molecule has 0 heterocycles. The molecule has 0 bridgehead atoms. The molecule has 0 radical (unpaired) electrons. The van der Waals surface area contributed by atoms with E-state index in [2.05, 4.69) is 6.07 Å². The van der Waals surface area contributed by atoms with Crippen LogP contribution in [0.15, 0.2) is 0 Å². The van der Waals surface area contributed by atoms with Gasteiger partial charge in [-0.2, -0.15) is 5.26 Å². The minimum Gasteiger partial charge on any atom is -0.329 e. The number of hydrogen-bond acceptors (Lipinski definition) is 2. The van der Waals surface area contributed by atoms with Crippen molar-refractivity contribution in [2.45, 2.75) is 32.6 Å². The van der Waals surface area contributed by atoms with Gasteiger partial charge in [0, 0.05) is 12.5 Å². The zero-order valence-electron chi connectivity index (χ0n) is 9.28. The Bertz CT molecular complexity index is 284. The minimum absolute atomic E-state index is 0.244. The molecule has 2 aliphatic carbocycles. The van der Waals surface area contributed by atoms with Crippen LogP contribution >= 0.6 is 0 Å². The van der Waals surface area contributed by atoms with Crippen molar-refractivity contribution in [1.29, 1.82) is 5.26 Å². The normalized spacial score (nSPS) is 31.9. The molecule has 2 aliphatic rings. The first-order chi connectivity index (χ1) is 7.29. The highest BCUT2D eigenvalue weighted by molar-refractivity contribution is 5.82. The lowest BCUT2D eigenvalue weighted by Crippen LogP contribution is -2.34. The first-order valence-electron chi connectivity index (χ1n) is 5.95. The molecule has 1 amide bonds. The molecule has 3 heteroatoms. The lowest BCUT2D eigenvalue weighted by Gasteiger charge is -2.19. The molecule has 0 aromatic heterocycles. The molecule has 15 heavy (non-hydrogen) atoms. The maximum absolute atomic E-state index is 12.1. The van der Waals surface area contributed by atoms with Gasteiger partial charge >= 0.3 is 0 Å². The van der Waals surface area contributed by atoms with Gasteiger partial charge < -0.3 is 4.90 Å².